The van der Waals surface area contributed by atoms with Crippen molar-refractivity contribution in [2.24, 2.45) is 0 Å². The number of nitrogens with one attached hydrogen (secondary N) is 2. The number of carbonyl (C=O) groups excluding carboxylic acids is 4. The molecule has 9 heteroatoms. The Kier molecular flexibility index (Phi) is 8.20. The molecule has 36 heavy (non-hydrogen) atoms. The van der Waals surface area contributed by atoms with E-state index in [0.29, 0.717) is 38.0 Å². The topological polar surface area (TPSA) is 119 Å². The number of benzene rings is 2. The molecule has 0 bridgehead atoms. The number of aromatic hydroxyl groups is 1. The molecule has 0 radical (unpaired) electrons. The van der Waals surface area contributed by atoms with Gasteiger partial charge in [0.25, 0.3) is 5.91 Å². The molecule has 2 aliphatic rings. The van der Waals surface area contributed by atoms with Crippen LogP contribution in [0.15, 0.2) is 54.6 Å². The zero-order valence-corrected chi connectivity index (χ0v) is 20.2. The Hall–Kier alpha value is -3.88. The number of amides is 4. The third kappa shape index (κ3) is 6.21. The van der Waals surface area contributed by atoms with Crippen LogP contribution in [0.4, 0.5) is 0 Å². The lowest BCUT2D eigenvalue weighted by molar-refractivity contribution is -0.134. The van der Waals surface area contributed by atoms with Gasteiger partial charge in [-0.3, -0.25) is 19.2 Å². The summed E-state index contributed by atoms with van der Waals surface area (Å²) in [7, 11) is 0. The number of phenols is 1. The molecule has 2 saturated heterocycles. The van der Waals surface area contributed by atoms with Crippen molar-refractivity contribution >= 4 is 23.6 Å². The van der Waals surface area contributed by atoms with Crippen molar-refractivity contribution < 1.29 is 24.3 Å². The van der Waals surface area contributed by atoms with E-state index in [1.807, 2.05) is 6.07 Å². The maximum atomic E-state index is 13.3. The molecule has 3 N–H and O–H groups in total. The van der Waals surface area contributed by atoms with E-state index in [4.69, 9.17) is 0 Å². The zero-order valence-electron chi connectivity index (χ0n) is 20.2. The van der Waals surface area contributed by atoms with Crippen molar-refractivity contribution in [2.75, 3.05) is 26.2 Å². The van der Waals surface area contributed by atoms with Gasteiger partial charge in [0.15, 0.2) is 0 Å². The Labute approximate surface area is 210 Å². The molecule has 0 aromatic heterocycles. The Morgan fingerprint density at radius 3 is 2.31 bits per heavy atom. The second-order valence-corrected chi connectivity index (χ2v) is 9.26. The van der Waals surface area contributed by atoms with Crippen molar-refractivity contribution in [2.45, 2.75) is 44.2 Å². The number of phenolic OH excluding ortho intramolecular Hbond substituents is 1. The van der Waals surface area contributed by atoms with Crippen molar-refractivity contribution in [1.29, 1.82) is 0 Å². The largest absolute Gasteiger partial charge is 0.508 e. The predicted octanol–water partition coefficient (Wildman–Crippen LogP) is 1.46. The molecule has 2 heterocycles. The van der Waals surface area contributed by atoms with Crippen LogP contribution in [0.1, 0.15) is 41.6 Å². The van der Waals surface area contributed by atoms with Gasteiger partial charge in [0.1, 0.15) is 17.8 Å². The van der Waals surface area contributed by atoms with Gasteiger partial charge in [0, 0.05) is 31.6 Å². The summed E-state index contributed by atoms with van der Waals surface area (Å²) in [6.45, 7) is 1.71. The summed E-state index contributed by atoms with van der Waals surface area (Å²) in [5.74, 6) is -1.14. The molecule has 4 amide bonds. The van der Waals surface area contributed by atoms with Crippen LogP contribution in [0.3, 0.4) is 0 Å². The fraction of sp³-hybridized carbons (Fsp3) is 0.407. The van der Waals surface area contributed by atoms with Crippen molar-refractivity contribution in [3.63, 3.8) is 0 Å². The molecule has 2 fully saturated rings. The van der Waals surface area contributed by atoms with Crippen LogP contribution in [-0.4, -0.2) is 76.8 Å². The van der Waals surface area contributed by atoms with Gasteiger partial charge in [0.2, 0.25) is 17.7 Å². The standard InChI is InChI=1S/C27H32N4O5/c32-21-12-10-19(11-13-21)17-22(25(34)28-18-24(33)30-14-4-5-15-30)29-26(35)23-9-6-16-31(23)27(36)20-7-2-1-3-8-20/h1-3,7-8,10-13,22-23,32H,4-6,9,14-18H2,(H,28,34)(H,29,35)/t22-,23-/m0/s1. The molecule has 0 spiro atoms. The fourth-order valence-corrected chi connectivity index (χ4v) is 4.74. The maximum Gasteiger partial charge on any atom is 0.254 e. The third-order valence-corrected chi connectivity index (χ3v) is 6.72. The highest BCUT2D eigenvalue weighted by atomic mass is 16.3. The molecule has 2 aromatic rings. The molecule has 0 unspecified atom stereocenters. The molecule has 9 nitrogen and oxygen atoms in total. The molecule has 0 aliphatic carbocycles. The van der Waals surface area contributed by atoms with Crippen LogP contribution in [0, 0.1) is 0 Å². The van der Waals surface area contributed by atoms with E-state index in [1.165, 1.54) is 12.1 Å². The Balaban J connectivity index is 1.44. The van der Waals surface area contributed by atoms with Gasteiger partial charge in [-0.05, 0) is 55.5 Å². The van der Waals surface area contributed by atoms with Crippen molar-refractivity contribution in [1.82, 2.24) is 20.4 Å². The van der Waals surface area contributed by atoms with Gasteiger partial charge in [-0.25, -0.2) is 0 Å². The average Bonchev–Trinajstić information content (AvgIpc) is 3.61. The summed E-state index contributed by atoms with van der Waals surface area (Å²) < 4.78 is 0. The van der Waals surface area contributed by atoms with E-state index in [9.17, 15) is 24.3 Å². The second kappa shape index (κ2) is 11.7. The third-order valence-electron chi connectivity index (χ3n) is 6.72. The van der Waals surface area contributed by atoms with Crippen molar-refractivity contribution in [3.8, 4) is 5.75 Å². The lowest BCUT2D eigenvalue weighted by Crippen LogP contribution is -2.54. The van der Waals surface area contributed by atoms with E-state index >= 15 is 0 Å². The first-order valence-corrected chi connectivity index (χ1v) is 12.4. The lowest BCUT2D eigenvalue weighted by Gasteiger charge is -2.26. The summed E-state index contributed by atoms with van der Waals surface area (Å²) in [4.78, 5) is 55.1. The number of hydrogen-bond acceptors (Lipinski definition) is 5. The van der Waals surface area contributed by atoms with Gasteiger partial charge in [-0.2, -0.15) is 0 Å². The van der Waals surface area contributed by atoms with E-state index in [-0.39, 0.29) is 30.5 Å². The van der Waals surface area contributed by atoms with E-state index in [0.717, 1.165) is 18.4 Å². The van der Waals surface area contributed by atoms with E-state index in [2.05, 4.69) is 10.6 Å². The smallest absolute Gasteiger partial charge is 0.254 e. The number of hydrogen-bond donors (Lipinski definition) is 3. The van der Waals surface area contributed by atoms with Crippen LogP contribution in [0.2, 0.25) is 0 Å². The van der Waals surface area contributed by atoms with Gasteiger partial charge < -0.3 is 25.5 Å². The molecular formula is C27H32N4O5. The highest BCUT2D eigenvalue weighted by molar-refractivity contribution is 5.99. The summed E-state index contributed by atoms with van der Waals surface area (Å²) >= 11 is 0. The second-order valence-electron chi connectivity index (χ2n) is 9.26. The minimum atomic E-state index is -0.942. The summed E-state index contributed by atoms with van der Waals surface area (Å²) in [5.41, 5.74) is 1.25. The number of likely N-dealkylation sites (tertiary alicyclic amines) is 2. The Morgan fingerprint density at radius 2 is 1.61 bits per heavy atom. The van der Waals surface area contributed by atoms with Crippen molar-refractivity contribution in [3.05, 3.63) is 65.7 Å². The van der Waals surface area contributed by atoms with Crippen LogP contribution in [-0.2, 0) is 20.8 Å². The minimum absolute atomic E-state index is 0.0982. The first-order valence-electron chi connectivity index (χ1n) is 12.4. The molecule has 2 aliphatic heterocycles. The SMILES string of the molecule is O=C(NCC(=O)N1CCCC1)[C@H](Cc1ccc(O)cc1)NC(=O)[C@@H]1CCCN1C(=O)c1ccccc1. The van der Waals surface area contributed by atoms with Gasteiger partial charge >= 0.3 is 0 Å². The highest BCUT2D eigenvalue weighted by Crippen LogP contribution is 2.21. The maximum absolute atomic E-state index is 13.3. The molecule has 0 saturated carbocycles. The molecule has 190 valence electrons. The molecule has 2 aromatic carbocycles. The lowest BCUT2D eigenvalue weighted by atomic mass is 10.0. The van der Waals surface area contributed by atoms with Gasteiger partial charge in [-0.15, -0.1) is 0 Å². The molecule has 2 atom stereocenters. The van der Waals surface area contributed by atoms with Crippen LogP contribution in [0.5, 0.6) is 5.75 Å². The quantitative estimate of drug-likeness (QED) is 0.516. The van der Waals surface area contributed by atoms with Gasteiger partial charge in [-0.1, -0.05) is 30.3 Å². The Bertz CT molecular complexity index is 1080. The first-order chi connectivity index (χ1) is 17.4. The number of nitrogens with zero attached hydrogens (tertiary/aromatic N) is 2. The summed E-state index contributed by atoms with van der Waals surface area (Å²) in [6.07, 6.45) is 3.29. The summed E-state index contributed by atoms with van der Waals surface area (Å²) in [5, 5.41) is 15.1. The predicted molar refractivity (Wildman–Crippen MR) is 133 cm³/mol. The number of rotatable bonds is 8. The van der Waals surface area contributed by atoms with E-state index in [1.54, 1.807) is 46.2 Å². The first kappa shape index (κ1) is 25.2. The van der Waals surface area contributed by atoms with Gasteiger partial charge in [0.05, 0.1) is 6.54 Å². The van der Waals surface area contributed by atoms with E-state index < -0.39 is 23.9 Å². The summed E-state index contributed by atoms with van der Waals surface area (Å²) in [6, 6.07) is 13.6. The van der Waals surface area contributed by atoms with Crippen LogP contribution in [0.25, 0.3) is 0 Å². The number of carbonyl (C=O) groups is 4. The molecule has 4 rings (SSSR count). The average molecular weight is 493 g/mol. The van der Waals surface area contributed by atoms with Crippen LogP contribution < -0.4 is 10.6 Å². The fourth-order valence-electron chi connectivity index (χ4n) is 4.74. The van der Waals surface area contributed by atoms with Crippen LogP contribution >= 0.6 is 0 Å². The minimum Gasteiger partial charge on any atom is -0.508 e. The molecular weight excluding hydrogens is 460 g/mol. The zero-order chi connectivity index (χ0) is 25.5. The highest BCUT2D eigenvalue weighted by Gasteiger charge is 2.36. The monoisotopic (exact) mass is 492 g/mol. The Morgan fingerprint density at radius 1 is 0.917 bits per heavy atom. The normalized spacial score (nSPS) is 18.1.